The lowest BCUT2D eigenvalue weighted by molar-refractivity contribution is 0.0257. The lowest BCUT2D eigenvalue weighted by Crippen LogP contribution is -2.37. The van der Waals surface area contributed by atoms with Gasteiger partial charge in [0.1, 0.15) is 5.60 Å². The molecule has 0 aromatic carbocycles. The Morgan fingerprint density at radius 3 is 1.81 bits per heavy atom. The Labute approximate surface area is 100 Å². The molecule has 1 amide bonds. The number of amides is 1. The molecule has 3 heteroatoms. The number of ether oxygens (including phenoxy) is 1. The monoisotopic (exact) mass is 229 g/mol. The number of hydrogen-bond donors (Lipinski definition) is 0. The molecule has 0 bridgehead atoms. The number of nitrogens with zero attached hydrogens (tertiary/aromatic N) is 1. The zero-order chi connectivity index (χ0) is 12.6. The van der Waals surface area contributed by atoms with Crippen LogP contribution in [-0.4, -0.2) is 29.7 Å². The van der Waals surface area contributed by atoms with Gasteiger partial charge in [-0.3, -0.25) is 0 Å². The molecule has 0 unspecified atom stereocenters. The summed E-state index contributed by atoms with van der Waals surface area (Å²) in [6.45, 7) is 11.4. The van der Waals surface area contributed by atoms with Crippen LogP contribution in [0.4, 0.5) is 4.79 Å². The number of hydrogen-bond acceptors (Lipinski definition) is 2. The highest BCUT2D eigenvalue weighted by molar-refractivity contribution is 5.68. The molecular formula is C13H27NO2. The molecule has 0 aromatic heterocycles. The number of likely N-dealkylation sites (tertiary alicyclic amines) is 1. The summed E-state index contributed by atoms with van der Waals surface area (Å²) in [5.74, 6) is 0. The molecule has 0 atom stereocenters. The molecule has 0 aromatic rings. The molecular weight excluding hydrogens is 202 g/mol. The third-order valence-electron chi connectivity index (χ3n) is 2.26. The van der Waals surface area contributed by atoms with E-state index in [2.05, 4.69) is 0 Å². The van der Waals surface area contributed by atoms with Gasteiger partial charge in [-0.15, -0.1) is 0 Å². The van der Waals surface area contributed by atoms with Crippen molar-refractivity contribution in [3.8, 4) is 0 Å². The minimum atomic E-state index is -0.372. The summed E-state index contributed by atoms with van der Waals surface area (Å²) in [5.41, 5.74) is -0.372. The van der Waals surface area contributed by atoms with Crippen molar-refractivity contribution >= 4 is 6.09 Å². The predicted octanol–water partition coefficient (Wildman–Crippen LogP) is 3.82. The Kier molecular flexibility index (Phi) is 7.18. The van der Waals surface area contributed by atoms with E-state index in [4.69, 9.17) is 4.74 Å². The zero-order valence-corrected chi connectivity index (χ0v) is 11.5. The van der Waals surface area contributed by atoms with Crippen LogP contribution in [0.3, 0.4) is 0 Å². The molecule has 1 aliphatic heterocycles. The summed E-state index contributed by atoms with van der Waals surface area (Å²) in [4.78, 5) is 13.5. The Morgan fingerprint density at radius 1 is 1.00 bits per heavy atom. The molecule has 1 rings (SSSR count). The van der Waals surface area contributed by atoms with E-state index in [0.29, 0.717) is 0 Å². The third-order valence-corrected chi connectivity index (χ3v) is 2.26. The lowest BCUT2D eigenvalue weighted by atomic mass is 10.2. The zero-order valence-electron chi connectivity index (χ0n) is 11.5. The van der Waals surface area contributed by atoms with Gasteiger partial charge in [0.15, 0.2) is 0 Å². The minimum Gasteiger partial charge on any atom is -0.444 e. The van der Waals surface area contributed by atoms with Crippen LogP contribution < -0.4 is 0 Å². The van der Waals surface area contributed by atoms with Crippen molar-refractivity contribution in [1.29, 1.82) is 0 Å². The highest BCUT2D eigenvalue weighted by Gasteiger charge is 2.22. The Balaban J connectivity index is 0.00000106. The lowest BCUT2D eigenvalue weighted by Gasteiger charge is -2.26. The maximum atomic E-state index is 11.7. The van der Waals surface area contributed by atoms with E-state index in [-0.39, 0.29) is 11.7 Å². The second-order valence-electron chi connectivity index (χ2n) is 4.88. The maximum absolute atomic E-state index is 11.7. The fourth-order valence-electron chi connectivity index (χ4n) is 1.58. The Morgan fingerprint density at radius 2 is 1.44 bits per heavy atom. The summed E-state index contributed by atoms with van der Waals surface area (Å²) in [6.07, 6.45) is 4.54. The first-order valence-electron chi connectivity index (χ1n) is 6.47. The van der Waals surface area contributed by atoms with Crippen LogP contribution in [0.5, 0.6) is 0 Å². The smallest absolute Gasteiger partial charge is 0.410 e. The highest BCUT2D eigenvalue weighted by Crippen LogP contribution is 2.14. The van der Waals surface area contributed by atoms with Gasteiger partial charge >= 0.3 is 6.09 Å². The van der Waals surface area contributed by atoms with Gasteiger partial charge < -0.3 is 9.64 Å². The largest absolute Gasteiger partial charge is 0.444 e. The van der Waals surface area contributed by atoms with Crippen molar-refractivity contribution in [2.24, 2.45) is 0 Å². The minimum absolute atomic E-state index is 0.153. The first-order chi connectivity index (χ1) is 7.49. The summed E-state index contributed by atoms with van der Waals surface area (Å²) in [7, 11) is 0. The average molecular weight is 229 g/mol. The van der Waals surface area contributed by atoms with E-state index in [1.54, 1.807) is 0 Å². The molecule has 16 heavy (non-hydrogen) atoms. The van der Waals surface area contributed by atoms with E-state index in [0.717, 1.165) is 25.9 Å². The molecule has 0 aliphatic carbocycles. The van der Waals surface area contributed by atoms with Crippen LogP contribution in [-0.2, 0) is 4.74 Å². The van der Waals surface area contributed by atoms with Crippen molar-refractivity contribution in [1.82, 2.24) is 4.90 Å². The first kappa shape index (κ1) is 15.3. The highest BCUT2D eigenvalue weighted by atomic mass is 16.6. The molecule has 0 spiro atoms. The molecule has 96 valence electrons. The van der Waals surface area contributed by atoms with E-state index in [1.165, 1.54) is 12.8 Å². The first-order valence-corrected chi connectivity index (χ1v) is 6.47. The van der Waals surface area contributed by atoms with Gasteiger partial charge in [-0.2, -0.15) is 0 Å². The van der Waals surface area contributed by atoms with Crippen molar-refractivity contribution in [2.75, 3.05) is 13.1 Å². The molecule has 3 nitrogen and oxygen atoms in total. The molecule has 0 radical (unpaired) electrons. The third kappa shape index (κ3) is 6.70. The fourth-order valence-corrected chi connectivity index (χ4v) is 1.58. The van der Waals surface area contributed by atoms with Gasteiger partial charge in [0.2, 0.25) is 0 Å². The molecule has 1 heterocycles. The SMILES string of the molecule is CC.CC(C)(C)OC(=O)N1CCCCCC1. The summed E-state index contributed by atoms with van der Waals surface area (Å²) in [6, 6.07) is 0. The summed E-state index contributed by atoms with van der Waals surface area (Å²) in [5, 5.41) is 0. The summed E-state index contributed by atoms with van der Waals surface area (Å²) >= 11 is 0. The van der Waals surface area contributed by atoms with E-state index in [1.807, 2.05) is 39.5 Å². The number of rotatable bonds is 0. The van der Waals surface area contributed by atoms with Crippen LogP contribution in [0.1, 0.15) is 60.3 Å². The van der Waals surface area contributed by atoms with Crippen LogP contribution in [0.15, 0.2) is 0 Å². The maximum Gasteiger partial charge on any atom is 0.410 e. The van der Waals surface area contributed by atoms with Gasteiger partial charge in [-0.25, -0.2) is 4.79 Å². The van der Waals surface area contributed by atoms with E-state index < -0.39 is 0 Å². The van der Waals surface area contributed by atoms with Crippen LogP contribution >= 0.6 is 0 Å². The fraction of sp³-hybridized carbons (Fsp3) is 0.923. The number of carbonyl (C=O) groups is 1. The molecule has 1 fully saturated rings. The standard InChI is InChI=1S/C11H21NO2.C2H6/c1-11(2,3)14-10(13)12-8-6-4-5-7-9-12;1-2/h4-9H2,1-3H3;1-2H3. The number of carbonyl (C=O) groups excluding carboxylic acids is 1. The topological polar surface area (TPSA) is 29.5 Å². The van der Waals surface area contributed by atoms with Crippen molar-refractivity contribution < 1.29 is 9.53 Å². The van der Waals surface area contributed by atoms with Crippen LogP contribution in [0, 0.1) is 0 Å². The van der Waals surface area contributed by atoms with E-state index in [9.17, 15) is 4.79 Å². The Bertz CT molecular complexity index is 189. The summed E-state index contributed by atoms with van der Waals surface area (Å²) < 4.78 is 5.32. The Hall–Kier alpha value is -0.730. The van der Waals surface area contributed by atoms with Crippen molar-refractivity contribution in [3.63, 3.8) is 0 Å². The van der Waals surface area contributed by atoms with Crippen LogP contribution in [0.2, 0.25) is 0 Å². The van der Waals surface area contributed by atoms with Crippen LogP contribution in [0.25, 0.3) is 0 Å². The van der Waals surface area contributed by atoms with Crippen molar-refractivity contribution in [2.45, 2.75) is 65.9 Å². The second kappa shape index (κ2) is 7.53. The predicted molar refractivity (Wildman–Crippen MR) is 67.6 cm³/mol. The molecule has 0 saturated carbocycles. The second-order valence-corrected chi connectivity index (χ2v) is 4.88. The van der Waals surface area contributed by atoms with Gasteiger partial charge in [0.25, 0.3) is 0 Å². The van der Waals surface area contributed by atoms with E-state index >= 15 is 0 Å². The van der Waals surface area contributed by atoms with Gasteiger partial charge in [0.05, 0.1) is 0 Å². The average Bonchev–Trinajstić information content (AvgIpc) is 2.46. The molecule has 0 N–H and O–H groups in total. The normalized spacial score (nSPS) is 16.9. The molecule has 1 saturated heterocycles. The van der Waals surface area contributed by atoms with Gasteiger partial charge in [0, 0.05) is 13.1 Å². The quantitative estimate of drug-likeness (QED) is 0.632. The van der Waals surface area contributed by atoms with Gasteiger partial charge in [-0.05, 0) is 33.6 Å². The molecule has 1 aliphatic rings. The van der Waals surface area contributed by atoms with Crippen molar-refractivity contribution in [3.05, 3.63) is 0 Å². The van der Waals surface area contributed by atoms with Gasteiger partial charge in [-0.1, -0.05) is 26.7 Å².